The number of rotatable bonds is 5. The van der Waals surface area contributed by atoms with Crippen molar-refractivity contribution in [1.29, 1.82) is 0 Å². The highest BCUT2D eigenvalue weighted by atomic mass is 16.5. The molecule has 1 aliphatic rings. The third kappa shape index (κ3) is 4.80. The molecule has 0 spiro atoms. The molecule has 1 fully saturated rings. The zero-order chi connectivity index (χ0) is 16.2. The molecule has 0 radical (unpaired) electrons. The fraction of sp³-hybridized carbons (Fsp3) is 0.588. The van der Waals surface area contributed by atoms with Gasteiger partial charge >= 0.3 is 0 Å². The fourth-order valence-electron chi connectivity index (χ4n) is 2.58. The molecular weight excluding hydrogens is 280 g/mol. The summed E-state index contributed by atoms with van der Waals surface area (Å²) in [6.07, 6.45) is -0.615. The minimum absolute atomic E-state index is 0.0126. The zero-order valence-corrected chi connectivity index (χ0v) is 13.6. The number of nitrogens with zero attached hydrogens (tertiary/aromatic N) is 1. The molecule has 1 heterocycles. The van der Waals surface area contributed by atoms with Gasteiger partial charge in [0, 0.05) is 19.6 Å². The summed E-state index contributed by atoms with van der Waals surface area (Å²) < 4.78 is 5.62. The number of carbonyl (C=O) groups is 1. The van der Waals surface area contributed by atoms with Crippen molar-refractivity contribution in [3.63, 3.8) is 0 Å². The molecule has 1 aliphatic heterocycles. The van der Waals surface area contributed by atoms with Gasteiger partial charge in [-0.1, -0.05) is 30.3 Å². The maximum Gasteiger partial charge on any atom is 0.242 e. The topological polar surface area (TPSA) is 61.8 Å². The van der Waals surface area contributed by atoms with E-state index in [-0.39, 0.29) is 24.2 Å². The van der Waals surface area contributed by atoms with E-state index in [1.807, 2.05) is 56.0 Å². The quantitative estimate of drug-likeness (QED) is 0.862. The minimum atomic E-state index is -0.615. The van der Waals surface area contributed by atoms with Crippen LogP contribution in [0.5, 0.6) is 0 Å². The van der Waals surface area contributed by atoms with Crippen LogP contribution in [-0.2, 0) is 9.53 Å². The first kappa shape index (κ1) is 16.9. The SMILES string of the molecule is CC(C)(C)OCC(O)CN1CCNC(=O)C1c1ccccc1. The Morgan fingerprint density at radius 2 is 2.05 bits per heavy atom. The lowest BCUT2D eigenvalue weighted by Crippen LogP contribution is -2.52. The molecule has 122 valence electrons. The Morgan fingerprint density at radius 1 is 1.36 bits per heavy atom. The lowest BCUT2D eigenvalue weighted by Gasteiger charge is -2.36. The molecule has 0 saturated carbocycles. The Balaban J connectivity index is 2.02. The predicted octanol–water partition coefficient (Wildman–Crippen LogP) is 1.34. The first-order valence-corrected chi connectivity index (χ1v) is 7.75. The summed E-state index contributed by atoms with van der Waals surface area (Å²) in [5.41, 5.74) is 0.669. The van der Waals surface area contributed by atoms with Gasteiger partial charge in [0.05, 0.1) is 18.3 Å². The van der Waals surface area contributed by atoms with Crippen LogP contribution in [0.2, 0.25) is 0 Å². The molecule has 1 saturated heterocycles. The molecule has 22 heavy (non-hydrogen) atoms. The molecule has 0 bridgehead atoms. The van der Waals surface area contributed by atoms with E-state index in [1.54, 1.807) is 0 Å². The second-order valence-corrected chi connectivity index (χ2v) is 6.68. The Kier molecular flexibility index (Phi) is 5.56. The van der Waals surface area contributed by atoms with Crippen molar-refractivity contribution in [2.24, 2.45) is 0 Å². The second-order valence-electron chi connectivity index (χ2n) is 6.68. The first-order chi connectivity index (χ1) is 10.4. The number of piperazine rings is 1. The molecule has 1 amide bonds. The van der Waals surface area contributed by atoms with Crippen LogP contribution in [0, 0.1) is 0 Å². The van der Waals surface area contributed by atoms with Crippen LogP contribution < -0.4 is 5.32 Å². The monoisotopic (exact) mass is 306 g/mol. The lowest BCUT2D eigenvalue weighted by molar-refractivity contribution is -0.130. The third-order valence-corrected chi connectivity index (χ3v) is 3.58. The van der Waals surface area contributed by atoms with Gasteiger partial charge < -0.3 is 15.2 Å². The van der Waals surface area contributed by atoms with Crippen molar-refractivity contribution in [2.45, 2.75) is 38.5 Å². The highest BCUT2D eigenvalue weighted by Gasteiger charge is 2.32. The number of amides is 1. The van der Waals surface area contributed by atoms with Gasteiger partial charge in [-0.05, 0) is 26.3 Å². The van der Waals surface area contributed by atoms with Crippen molar-refractivity contribution in [3.8, 4) is 0 Å². The summed E-state index contributed by atoms with van der Waals surface area (Å²) >= 11 is 0. The van der Waals surface area contributed by atoms with Gasteiger partial charge in [0.2, 0.25) is 5.91 Å². The van der Waals surface area contributed by atoms with Gasteiger partial charge in [-0.3, -0.25) is 9.69 Å². The Bertz CT molecular complexity index is 484. The van der Waals surface area contributed by atoms with E-state index in [4.69, 9.17) is 4.74 Å². The number of hydrogen-bond donors (Lipinski definition) is 2. The van der Waals surface area contributed by atoms with Gasteiger partial charge in [-0.25, -0.2) is 0 Å². The lowest BCUT2D eigenvalue weighted by atomic mass is 10.0. The average Bonchev–Trinajstić information content (AvgIpc) is 2.45. The van der Waals surface area contributed by atoms with E-state index in [9.17, 15) is 9.90 Å². The number of aliphatic hydroxyl groups excluding tert-OH is 1. The number of benzene rings is 1. The number of aliphatic hydroxyl groups is 1. The van der Waals surface area contributed by atoms with Crippen molar-refractivity contribution in [3.05, 3.63) is 35.9 Å². The highest BCUT2D eigenvalue weighted by Crippen LogP contribution is 2.23. The van der Waals surface area contributed by atoms with Crippen LogP contribution in [0.1, 0.15) is 32.4 Å². The van der Waals surface area contributed by atoms with Crippen molar-refractivity contribution >= 4 is 5.91 Å². The van der Waals surface area contributed by atoms with Crippen molar-refractivity contribution in [1.82, 2.24) is 10.2 Å². The highest BCUT2D eigenvalue weighted by molar-refractivity contribution is 5.83. The van der Waals surface area contributed by atoms with E-state index in [1.165, 1.54) is 0 Å². The first-order valence-electron chi connectivity index (χ1n) is 7.75. The molecule has 1 aromatic rings. The van der Waals surface area contributed by atoms with E-state index in [2.05, 4.69) is 5.32 Å². The number of β-amino-alcohol motifs (C(OH)–C–C–N with tert-alkyl or cyclic N) is 1. The second kappa shape index (κ2) is 7.22. The summed E-state index contributed by atoms with van der Waals surface area (Å²) in [5.74, 6) is -0.0126. The predicted molar refractivity (Wildman–Crippen MR) is 85.5 cm³/mol. The van der Waals surface area contributed by atoms with Crippen molar-refractivity contribution < 1.29 is 14.6 Å². The van der Waals surface area contributed by atoms with Gasteiger partial charge in [-0.15, -0.1) is 0 Å². The summed E-state index contributed by atoms with van der Waals surface area (Å²) in [7, 11) is 0. The van der Waals surface area contributed by atoms with Crippen LogP contribution in [0.3, 0.4) is 0 Å². The van der Waals surface area contributed by atoms with Crippen LogP contribution >= 0.6 is 0 Å². The van der Waals surface area contributed by atoms with Crippen LogP contribution in [-0.4, -0.2) is 53.9 Å². The van der Waals surface area contributed by atoms with E-state index in [0.717, 1.165) is 12.1 Å². The maximum absolute atomic E-state index is 12.2. The molecule has 0 aliphatic carbocycles. The standard InChI is InChI=1S/C17H26N2O3/c1-17(2,3)22-12-14(20)11-19-10-9-18-16(21)15(19)13-7-5-4-6-8-13/h4-8,14-15,20H,9-12H2,1-3H3,(H,18,21). The van der Waals surface area contributed by atoms with E-state index >= 15 is 0 Å². The van der Waals surface area contributed by atoms with Gasteiger partial charge in [0.25, 0.3) is 0 Å². The molecule has 2 atom stereocenters. The Morgan fingerprint density at radius 3 is 2.68 bits per heavy atom. The van der Waals surface area contributed by atoms with Crippen LogP contribution in [0.25, 0.3) is 0 Å². The van der Waals surface area contributed by atoms with Gasteiger partial charge in [0.1, 0.15) is 6.04 Å². The molecule has 2 rings (SSSR count). The minimum Gasteiger partial charge on any atom is -0.389 e. The molecule has 0 aromatic heterocycles. The maximum atomic E-state index is 12.2. The van der Waals surface area contributed by atoms with E-state index < -0.39 is 6.10 Å². The summed E-state index contributed by atoms with van der Waals surface area (Å²) in [6.45, 7) is 7.89. The third-order valence-electron chi connectivity index (χ3n) is 3.58. The van der Waals surface area contributed by atoms with Crippen LogP contribution in [0.15, 0.2) is 30.3 Å². The molecule has 2 N–H and O–H groups in total. The molecule has 2 unspecified atom stereocenters. The molecule has 5 nitrogen and oxygen atoms in total. The smallest absolute Gasteiger partial charge is 0.242 e. The summed E-state index contributed by atoms with van der Waals surface area (Å²) in [4.78, 5) is 14.3. The number of ether oxygens (including phenoxy) is 1. The number of nitrogens with one attached hydrogen (secondary N) is 1. The van der Waals surface area contributed by atoms with Gasteiger partial charge in [0.15, 0.2) is 0 Å². The Labute approximate surface area is 132 Å². The zero-order valence-electron chi connectivity index (χ0n) is 13.6. The molecule has 1 aromatic carbocycles. The largest absolute Gasteiger partial charge is 0.389 e. The van der Waals surface area contributed by atoms with Crippen molar-refractivity contribution in [2.75, 3.05) is 26.2 Å². The summed E-state index contributed by atoms with van der Waals surface area (Å²) in [5, 5.41) is 13.1. The average molecular weight is 306 g/mol. The molecule has 5 heteroatoms. The normalized spacial score (nSPS) is 21.5. The Hall–Kier alpha value is -1.43. The summed E-state index contributed by atoms with van der Waals surface area (Å²) in [6, 6.07) is 9.32. The van der Waals surface area contributed by atoms with Gasteiger partial charge in [-0.2, -0.15) is 0 Å². The van der Waals surface area contributed by atoms with E-state index in [0.29, 0.717) is 13.1 Å². The molecular formula is C17H26N2O3. The van der Waals surface area contributed by atoms with Crippen LogP contribution in [0.4, 0.5) is 0 Å². The number of hydrogen-bond acceptors (Lipinski definition) is 4. The fourth-order valence-corrected chi connectivity index (χ4v) is 2.58. The number of carbonyl (C=O) groups excluding carboxylic acids is 1.